The predicted molar refractivity (Wildman–Crippen MR) is 91.1 cm³/mol. The third-order valence-corrected chi connectivity index (χ3v) is 3.30. The van der Waals surface area contributed by atoms with Crippen molar-refractivity contribution in [2.75, 3.05) is 19.0 Å². The topological polar surface area (TPSA) is 89.3 Å². The molecule has 6 heteroatoms. The Balaban J connectivity index is 2.15. The predicted octanol–water partition coefficient (Wildman–Crippen LogP) is 2.30. The van der Waals surface area contributed by atoms with Crippen LogP contribution in [-0.2, 0) is 0 Å². The van der Waals surface area contributed by atoms with E-state index < -0.39 is 0 Å². The molecule has 1 atom stereocenters. The summed E-state index contributed by atoms with van der Waals surface area (Å²) < 4.78 is 5.30. The van der Waals surface area contributed by atoms with Crippen molar-refractivity contribution < 1.29 is 9.53 Å². The number of hydrogen-bond donors (Lipinski definition) is 3. The summed E-state index contributed by atoms with van der Waals surface area (Å²) in [5, 5.41) is 6.01. The van der Waals surface area contributed by atoms with E-state index in [9.17, 15) is 4.79 Å². The highest BCUT2D eigenvalue weighted by atomic mass is 16.5. The highest BCUT2D eigenvalue weighted by Gasteiger charge is 2.13. The van der Waals surface area contributed by atoms with Gasteiger partial charge in [0.1, 0.15) is 11.6 Å². The Bertz CT molecular complexity index is 659. The van der Waals surface area contributed by atoms with Gasteiger partial charge in [-0.3, -0.25) is 4.79 Å². The molecule has 122 valence electrons. The van der Waals surface area contributed by atoms with Crippen LogP contribution < -0.4 is 21.1 Å². The van der Waals surface area contributed by atoms with Crippen LogP contribution in [0.5, 0.6) is 5.75 Å². The number of nitrogens with one attached hydrogen (secondary N) is 2. The van der Waals surface area contributed by atoms with E-state index >= 15 is 0 Å². The maximum absolute atomic E-state index is 12.3. The molecule has 0 fully saturated rings. The van der Waals surface area contributed by atoms with Gasteiger partial charge >= 0.3 is 0 Å². The Kier molecular flexibility index (Phi) is 5.94. The molecule has 4 N–H and O–H groups in total. The third kappa shape index (κ3) is 4.69. The van der Waals surface area contributed by atoms with Gasteiger partial charge in [0.2, 0.25) is 0 Å². The van der Waals surface area contributed by atoms with Crippen LogP contribution in [0.25, 0.3) is 0 Å². The molecule has 1 unspecified atom stereocenters. The van der Waals surface area contributed by atoms with Gasteiger partial charge in [-0.25, -0.2) is 4.98 Å². The van der Waals surface area contributed by atoms with Crippen molar-refractivity contribution in [3.8, 4) is 5.75 Å². The van der Waals surface area contributed by atoms with E-state index in [0.717, 1.165) is 12.1 Å². The lowest BCUT2D eigenvalue weighted by atomic mass is 10.2. The summed E-state index contributed by atoms with van der Waals surface area (Å²) in [7, 11) is 1.60. The average molecular weight is 314 g/mol. The molecule has 0 radical (unpaired) electrons. The number of methoxy groups -OCH3 is 1. The Morgan fingerprint density at radius 3 is 2.83 bits per heavy atom. The summed E-state index contributed by atoms with van der Waals surface area (Å²) in [6.07, 6.45) is 2.36. The second-order valence-corrected chi connectivity index (χ2v) is 5.25. The van der Waals surface area contributed by atoms with Crippen LogP contribution in [0.3, 0.4) is 0 Å². The fourth-order valence-corrected chi connectivity index (χ4v) is 2.07. The van der Waals surface area contributed by atoms with E-state index in [0.29, 0.717) is 23.7 Å². The Morgan fingerprint density at radius 1 is 1.30 bits per heavy atom. The average Bonchev–Trinajstić information content (AvgIpc) is 2.55. The van der Waals surface area contributed by atoms with E-state index in [1.807, 2.05) is 31.2 Å². The van der Waals surface area contributed by atoms with Gasteiger partial charge in [0.15, 0.2) is 0 Å². The number of carbonyl (C=O) groups excluding carboxylic acids is 1. The molecule has 2 aromatic rings. The number of anilines is 2. The summed E-state index contributed by atoms with van der Waals surface area (Å²) >= 11 is 0. The third-order valence-electron chi connectivity index (χ3n) is 3.30. The number of hydrogen-bond acceptors (Lipinski definition) is 5. The maximum Gasteiger partial charge on any atom is 0.255 e. The largest absolute Gasteiger partial charge is 0.495 e. The lowest BCUT2D eigenvalue weighted by Gasteiger charge is -2.13. The van der Waals surface area contributed by atoms with Gasteiger partial charge in [-0.2, -0.15) is 0 Å². The molecule has 1 aromatic heterocycles. The molecule has 0 spiro atoms. The van der Waals surface area contributed by atoms with Crippen molar-refractivity contribution in [3.63, 3.8) is 0 Å². The van der Waals surface area contributed by atoms with Gasteiger partial charge in [-0.1, -0.05) is 12.1 Å². The van der Waals surface area contributed by atoms with Crippen LogP contribution in [-0.4, -0.2) is 30.6 Å². The zero-order valence-corrected chi connectivity index (χ0v) is 13.4. The van der Waals surface area contributed by atoms with E-state index in [1.54, 1.807) is 25.4 Å². The summed E-state index contributed by atoms with van der Waals surface area (Å²) in [6, 6.07) is 11.0. The zero-order chi connectivity index (χ0) is 16.7. The molecule has 0 aliphatic carbocycles. The second kappa shape index (κ2) is 8.14. The highest BCUT2D eigenvalue weighted by Crippen LogP contribution is 2.27. The molecule has 0 saturated heterocycles. The maximum atomic E-state index is 12.3. The van der Waals surface area contributed by atoms with Crippen molar-refractivity contribution in [2.24, 2.45) is 5.73 Å². The summed E-state index contributed by atoms with van der Waals surface area (Å²) in [6.45, 7) is 2.43. The molecule has 1 aromatic carbocycles. The fourth-order valence-electron chi connectivity index (χ4n) is 2.07. The first-order valence-electron chi connectivity index (χ1n) is 7.50. The normalized spacial score (nSPS) is 11.6. The molecule has 1 heterocycles. The van der Waals surface area contributed by atoms with Crippen molar-refractivity contribution in [1.82, 2.24) is 10.3 Å². The lowest BCUT2D eigenvalue weighted by Crippen LogP contribution is -2.29. The van der Waals surface area contributed by atoms with Crippen LogP contribution in [0.4, 0.5) is 11.5 Å². The number of rotatable bonds is 7. The van der Waals surface area contributed by atoms with Crippen LogP contribution in [0, 0.1) is 0 Å². The van der Waals surface area contributed by atoms with Gasteiger partial charge < -0.3 is 21.1 Å². The van der Waals surface area contributed by atoms with Gasteiger partial charge in [0.05, 0.1) is 18.4 Å². The summed E-state index contributed by atoms with van der Waals surface area (Å²) in [4.78, 5) is 16.6. The number of benzene rings is 1. The first-order chi connectivity index (χ1) is 11.1. The quantitative estimate of drug-likeness (QED) is 0.729. The number of carbonyl (C=O) groups is 1. The minimum atomic E-state index is -0.184. The van der Waals surface area contributed by atoms with Crippen LogP contribution >= 0.6 is 0 Å². The van der Waals surface area contributed by atoms with Crippen molar-refractivity contribution in [1.29, 1.82) is 0 Å². The molecular weight excluding hydrogens is 292 g/mol. The number of nitrogens with zero attached hydrogens (tertiary/aromatic N) is 1. The van der Waals surface area contributed by atoms with Crippen molar-refractivity contribution in [2.45, 2.75) is 19.4 Å². The molecule has 1 amide bonds. The van der Waals surface area contributed by atoms with E-state index in [2.05, 4.69) is 15.6 Å². The van der Waals surface area contributed by atoms with Gasteiger partial charge in [0.25, 0.3) is 5.91 Å². The van der Waals surface area contributed by atoms with E-state index in [-0.39, 0.29) is 11.9 Å². The molecule has 0 bridgehead atoms. The number of nitrogens with two attached hydrogens (primary N) is 1. The number of aromatic nitrogens is 1. The molecule has 0 saturated carbocycles. The number of amides is 1. The standard InChI is InChI=1S/C17H22N4O2/c1-12(18)9-11-20-17(22)13-6-5-10-19-16(13)21-14-7-3-4-8-15(14)23-2/h3-8,10,12H,9,11,18H2,1-2H3,(H,19,21)(H,20,22). The first-order valence-corrected chi connectivity index (χ1v) is 7.50. The molecular formula is C17H22N4O2. The molecule has 0 aliphatic rings. The van der Waals surface area contributed by atoms with Crippen molar-refractivity contribution >= 4 is 17.4 Å². The summed E-state index contributed by atoms with van der Waals surface area (Å²) in [5.41, 5.74) is 6.91. The van der Waals surface area contributed by atoms with Crippen LogP contribution in [0.2, 0.25) is 0 Å². The smallest absolute Gasteiger partial charge is 0.255 e. The molecule has 2 rings (SSSR count). The number of para-hydroxylation sites is 2. The van der Waals surface area contributed by atoms with Gasteiger partial charge in [-0.05, 0) is 37.6 Å². The first kappa shape index (κ1) is 16.8. The highest BCUT2D eigenvalue weighted by molar-refractivity contribution is 5.99. The molecule has 23 heavy (non-hydrogen) atoms. The van der Waals surface area contributed by atoms with Crippen LogP contribution in [0.15, 0.2) is 42.6 Å². The molecule has 0 aliphatic heterocycles. The lowest BCUT2D eigenvalue weighted by molar-refractivity contribution is 0.0953. The van der Waals surface area contributed by atoms with E-state index in [4.69, 9.17) is 10.5 Å². The Morgan fingerprint density at radius 2 is 2.09 bits per heavy atom. The zero-order valence-electron chi connectivity index (χ0n) is 13.4. The SMILES string of the molecule is COc1ccccc1Nc1ncccc1C(=O)NCCC(C)N. The second-order valence-electron chi connectivity index (χ2n) is 5.25. The van der Waals surface area contributed by atoms with Gasteiger partial charge in [0, 0.05) is 18.8 Å². The Hall–Kier alpha value is -2.60. The van der Waals surface area contributed by atoms with Crippen molar-refractivity contribution in [3.05, 3.63) is 48.2 Å². The van der Waals surface area contributed by atoms with E-state index in [1.165, 1.54) is 0 Å². The minimum absolute atomic E-state index is 0.0513. The summed E-state index contributed by atoms with van der Waals surface area (Å²) in [5.74, 6) is 0.980. The monoisotopic (exact) mass is 314 g/mol. The van der Waals surface area contributed by atoms with Gasteiger partial charge in [-0.15, -0.1) is 0 Å². The molecule has 6 nitrogen and oxygen atoms in total. The number of pyridine rings is 1. The number of ether oxygens (including phenoxy) is 1. The van der Waals surface area contributed by atoms with Crippen LogP contribution in [0.1, 0.15) is 23.7 Å². The minimum Gasteiger partial charge on any atom is -0.495 e. The fraction of sp³-hybridized carbons (Fsp3) is 0.294. The Labute approximate surface area is 136 Å².